The average Bonchev–Trinajstić information content (AvgIpc) is 2.31. The van der Waals surface area contributed by atoms with Crippen LogP contribution in [0.15, 0.2) is 30.3 Å². The van der Waals surface area contributed by atoms with Gasteiger partial charge in [-0.25, -0.2) is 0 Å². The SMILES string of the molecule is CC[C@H](C)[C@@H]1NC(=O)[C@@H](CCCN)NC(=O)[C@H](CC(C)C)NC(=O)[C@H]([C@H](O)C(C)C)NC(=O)[C@@H](CC(=O)[C@H](CC(C)(C)C)NC(=O)[C@H](N)CC(C)(C)C)[C@@H](c2ccccc2)NC(=O)[C@H](CO)NC(=O)[C@H](CC(N)=O)NC(=O)CNC(=O)[C@H]([C@H](C)O)NC1=O. The summed E-state index contributed by atoms with van der Waals surface area (Å²) in [5.74, 6) is -15.8. The normalized spacial score (nSPS) is 25.0. The molecule has 11 amide bonds. The number of carbonyl (C=O) groups is 12. The smallest absolute Gasteiger partial charge is 0.245 e. The molecule has 0 unspecified atom stereocenters. The van der Waals surface area contributed by atoms with Gasteiger partial charge in [0, 0.05) is 6.42 Å². The average molecular weight is 1240 g/mol. The van der Waals surface area contributed by atoms with Crippen LogP contribution in [0.3, 0.4) is 0 Å². The molecular weight excluding hydrogens is 1140 g/mol. The molecule has 1 heterocycles. The maximum Gasteiger partial charge on any atom is 0.245 e. The Kier molecular flexibility index (Phi) is 31.3. The van der Waals surface area contributed by atoms with Crippen LogP contribution in [-0.4, -0.2) is 172 Å². The third-order valence-corrected chi connectivity index (χ3v) is 14.7. The van der Waals surface area contributed by atoms with Gasteiger partial charge in [0.2, 0.25) is 65.0 Å². The summed E-state index contributed by atoms with van der Waals surface area (Å²) in [5.41, 5.74) is 16.8. The number of nitrogens with one attached hydrogen (secondary N) is 10. The minimum atomic E-state index is -1.95. The third kappa shape index (κ3) is 25.9. The second-order valence-corrected chi connectivity index (χ2v) is 26.1. The minimum Gasteiger partial charge on any atom is -0.394 e. The third-order valence-electron chi connectivity index (χ3n) is 14.7. The van der Waals surface area contributed by atoms with Gasteiger partial charge in [-0.3, -0.25) is 57.5 Å². The molecule has 0 spiro atoms. The second kappa shape index (κ2) is 35.8. The highest BCUT2D eigenvalue weighted by Gasteiger charge is 2.43. The summed E-state index contributed by atoms with van der Waals surface area (Å²) in [7, 11) is 0. The predicted octanol–water partition coefficient (Wildman–Crippen LogP) is -2.28. The number of aliphatic hydroxyl groups is 3. The van der Waals surface area contributed by atoms with Gasteiger partial charge >= 0.3 is 0 Å². The highest BCUT2D eigenvalue weighted by molar-refractivity contribution is 6.00. The van der Waals surface area contributed by atoms with E-state index < -0.39 is 198 Å². The Bertz CT molecular complexity index is 2560. The number of carbonyl (C=O) groups excluding carboxylic acids is 12. The zero-order valence-corrected chi connectivity index (χ0v) is 53.4. The van der Waals surface area contributed by atoms with Gasteiger partial charge in [-0.1, -0.05) is 120 Å². The largest absolute Gasteiger partial charge is 0.394 e. The molecule has 1 saturated heterocycles. The van der Waals surface area contributed by atoms with E-state index in [1.54, 1.807) is 33.8 Å². The van der Waals surface area contributed by atoms with Gasteiger partial charge in [-0.05, 0) is 79.7 Å². The lowest BCUT2D eigenvalue weighted by molar-refractivity contribution is -0.140. The van der Waals surface area contributed by atoms with E-state index in [-0.39, 0.29) is 56.6 Å². The summed E-state index contributed by atoms with van der Waals surface area (Å²) < 4.78 is 0. The number of ketones is 1. The molecular formula is C60H101N13O15. The Morgan fingerprint density at radius 3 is 1.68 bits per heavy atom. The van der Waals surface area contributed by atoms with E-state index in [9.17, 15) is 63.3 Å². The summed E-state index contributed by atoms with van der Waals surface area (Å²) in [4.78, 5) is 170. The zero-order valence-electron chi connectivity index (χ0n) is 53.4. The van der Waals surface area contributed by atoms with E-state index in [0.29, 0.717) is 0 Å². The molecule has 1 aliphatic heterocycles. The van der Waals surface area contributed by atoms with Gasteiger partial charge in [0.15, 0.2) is 5.78 Å². The quantitative estimate of drug-likeness (QED) is 0.0617. The van der Waals surface area contributed by atoms with Gasteiger partial charge < -0.3 is 85.7 Å². The fourth-order valence-electron chi connectivity index (χ4n) is 9.72. The van der Waals surface area contributed by atoms with E-state index in [1.807, 2.05) is 41.5 Å². The molecule has 28 heteroatoms. The Morgan fingerprint density at radius 1 is 0.636 bits per heavy atom. The van der Waals surface area contributed by atoms with Crippen LogP contribution in [0, 0.1) is 34.5 Å². The number of primary amides is 1. The molecule has 0 saturated carbocycles. The lowest BCUT2D eigenvalue weighted by Gasteiger charge is -2.34. The van der Waals surface area contributed by atoms with Crippen LogP contribution in [0.5, 0.6) is 0 Å². The zero-order chi connectivity index (χ0) is 67.1. The number of amides is 11. The van der Waals surface area contributed by atoms with Crippen LogP contribution in [0.4, 0.5) is 0 Å². The number of benzene rings is 1. The van der Waals surface area contributed by atoms with Crippen molar-refractivity contribution in [2.24, 2.45) is 51.7 Å². The molecule has 19 N–H and O–H groups in total. The molecule has 88 heavy (non-hydrogen) atoms. The van der Waals surface area contributed by atoms with Gasteiger partial charge in [0.25, 0.3) is 0 Å². The maximum absolute atomic E-state index is 15.5. The van der Waals surface area contributed by atoms with Crippen molar-refractivity contribution in [2.45, 2.75) is 214 Å². The molecule has 14 atom stereocenters. The Hall–Kier alpha value is -7.14. The van der Waals surface area contributed by atoms with Crippen molar-refractivity contribution in [2.75, 3.05) is 19.7 Å². The molecule has 2 rings (SSSR count). The second-order valence-electron chi connectivity index (χ2n) is 26.1. The molecule has 0 bridgehead atoms. The van der Waals surface area contributed by atoms with E-state index in [1.165, 1.54) is 38.1 Å². The standard InChI is InChI=1S/C60H101N13O15/c1-14-32(6)45-57(87)71-46(33(7)75)56(86)64-28-44(78)65-39(25-43(63)77)54(84)69-41(29-74)55(85)72-47(34-19-16-15-17-20-34)35(24-42(76)40(27-60(11,12)13)68-51(81)36(62)26-59(8,9)10)50(80)73-48(49(79)31(4)5)58(88)67-38(23-30(2)3)53(83)66-37(21-18-22-61)52(82)70-45/h15-17,19-20,30-33,35-41,45-49,74-75,79H,14,18,21-29,61-62H2,1-13H3,(H2,63,77)(H,64,86)(H,65,78)(H,66,83)(H,67,88)(H,68,81)(H,69,84)(H,70,82)(H,71,87)(H,72,85)(H,73,80)/t32-,33-,35-,36+,37+,38-,39-,40-,41-,45-,46-,47+,48-,49+/m0/s1. The first-order valence-electron chi connectivity index (χ1n) is 30.1. The lowest BCUT2D eigenvalue weighted by Crippen LogP contribution is -2.62. The Labute approximate surface area is 516 Å². The minimum absolute atomic E-state index is 0.00576. The van der Waals surface area contributed by atoms with Crippen molar-refractivity contribution in [1.29, 1.82) is 0 Å². The number of Topliss-reactive ketones (excluding diaryl/α,β-unsaturated/α-hetero) is 1. The van der Waals surface area contributed by atoms with E-state index in [4.69, 9.17) is 17.2 Å². The van der Waals surface area contributed by atoms with Crippen LogP contribution in [0.1, 0.15) is 153 Å². The van der Waals surface area contributed by atoms with Gasteiger partial charge in [-0.15, -0.1) is 0 Å². The number of nitrogens with two attached hydrogens (primary N) is 3. The summed E-state index contributed by atoms with van der Waals surface area (Å²) in [6, 6.07) is -8.17. The van der Waals surface area contributed by atoms with Crippen LogP contribution >= 0.6 is 0 Å². The molecule has 1 aromatic carbocycles. The maximum atomic E-state index is 15.5. The van der Waals surface area contributed by atoms with Crippen LogP contribution in [0.25, 0.3) is 0 Å². The van der Waals surface area contributed by atoms with E-state index in [2.05, 4.69) is 53.2 Å². The van der Waals surface area contributed by atoms with Crippen LogP contribution in [-0.2, 0) is 57.5 Å². The van der Waals surface area contributed by atoms with Crippen LogP contribution < -0.4 is 70.4 Å². The molecule has 496 valence electrons. The predicted molar refractivity (Wildman–Crippen MR) is 326 cm³/mol. The molecule has 1 fully saturated rings. The van der Waals surface area contributed by atoms with Crippen molar-refractivity contribution in [3.63, 3.8) is 0 Å². The highest BCUT2D eigenvalue weighted by atomic mass is 16.3. The molecule has 1 aliphatic rings. The topological polar surface area (TPSA) is 464 Å². The first-order chi connectivity index (χ1) is 40.8. The van der Waals surface area contributed by atoms with Crippen molar-refractivity contribution in [3.05, 3.63) is 35.9 Å². The van der Waals surface area contributed by atoms with E-state index >= 15 is 9.59 Å². The first-order valence-corrected chi connectivity index (χ1v) is 30.1. The number of aliphatic hydroxyl groups excluding tert-OH is 3. The Balaban J connectivity index is 3.10. The Morgan fingerprint density at radius 2 is 1.16 bits per heavy atom. The lowest BCUT2D eigenvalue weighted by atomic mass is 9.81. The molecule has 0 aromatic heterocycles. The van der Waals surface area contributed by atoms with Crippen molar-refractivity contribution in [1.82, 2.24) is 53.2 Å². The van der Waals surface area contributed by atoms with Crippen molar-refractivity contribution < 1.29 is 72.9 Å². The number of hydrogen-bond donors (Lipinski definition) is 16. The molecule has 0 radical (unpaired) electrons. The number of rotatable bonds is 21. The summed E-state index contributed by atoms with van der Waals surface area (Å²) in [5, 5.41) is 58.4. The monoisotopic (exact) mass is 1240 g/mol. The van der Waals surface area contributed by atoms with Crippen molar-refractivity contribution >= 4 is 70.8 Å². The highest BCUT2D eigenvalue weighted by Crippen LogP contribution is 2.30. The van der Waals surface area contributed by atoms with Crippen molar-refractivity contribution in [3.8, 4) is 0 Å². The molecule has 28 nitrogen and oxygen atoms in total. The van der Waals surface area contributed by atoms with Gasteiger partial charge in [-0.2, -0.15) is 0 Å². The van der Waals surface area contributed by atoms with E-state index in [0.717, 1.165) is 6.92 Å². The fourth-order valence-corrected chi connectivity index (χ4v) is 9.72. The summed E-state index contributed by atoms with van der Waals surface area (Å²) >= 11 is 0. The van der Waals surface area contributed by atoms with Crippen LogP contribution in [0.2, 0.25) is 0 Å². The van der Waals surface area contributed by atoms with Gasteiger partial charge in [0.1, 0.15) is 42.3 Å². The summed E-state index contributed by atoms with van der Waals surface area (Å²) in [6.45, 7) is 20.0. The molecule has 1 aromatic rings. The fraction of sp³-hybridized carbons (Fsp3) is 0.700. The van der Waals surface area contributed by atoms with Gasteiger partial charge in [0.05, 0.1) is 55.8 Å². The number of hydrogen-bond acceptors (Lipinski definition) is 17. The molecule has 0 aliphatic carbocycles. The summed E-state index contributed by atoms with van der Waals surface area (Å²) in [6.07, 6.45) is -4.53. The first kappa shape index (κ1) is 77.0.